The summed E-state index contributed by atoms with van der Waals surface area (Å²) < 4.78 is 142. The van der Waals surface area contributed by atoms with E-state index in [4.69, 9.17) is 0 Å². The van der Waals surface area contributed by atoms with Gasteiger partial charge in [-0.3, -0.25) is 20.4 Å². The number of allylic oxidation sites excluding steroid dienone is 2. The Morgan fingerprint density at radius 2 is 0.743 bits per heavy atom. The summed E-state index contributed by atoms with van der Waals surface area (Å²) >= 11 is 0. The second-order valence-corrected chi connectivity index (χ2v) is 19.7. The van der Waals surface area contributed by atoms with Crippen molar-refractivity contribution in [2.75, 3.05) is 21.5 Å². The van der Waals surface area contributed by atoms with Gasteiger partial charge in [0.1, 0.15) is 51.9 Å². The van der Waals surface area contributed by atoms with Gasteiger partial charge in [-0.2, -0.15) is 10.2 Å². The number of fused-ring (bicyclic) bond motifs is 4. The van der Waals surface area contributed by atoms with Gasteiger partial charge >= 0.3 is 124 Å². The molecule has 0 fully saturated rings. The number of ketones is 2. The zero-order chi connectivity index (χ0) is 47.5. The van der Waals surface area contributed by atoms with E-state index < -0.39 is 89.1 Å². The molecule has 21 nitrogen and oxygen atoms in total. The molecular formula is C41H24N6Na4O15S4. The van der Waals surface area contributed by atoms with E-state index in [-0.39, 0.29) is 163 Å². The number of hydrazone groups is 2. The maximum absolute atomic E-state index is 13.5. The monoisotopic (exact) mass is 1060 g/mol. The Balaban J connectivity index is 0.00000266. The molecule has 0 atom stereocenters. The molecule has 0 bridgehead atoms. The predicted octanol–water partition coefficient (Wildman–Crippen LogP) is -7.44. The van der Waals surface area contributed by atoms with Crippen LogP contribution in [0, 0.1) is 0 Å². The summed E-state index contributed by atoms with van der Waals surface area (Å²) in [7, 11) is -20.1. The van der Waals surface area contributed by atoms with Gasteiger partial charge in [-0.05, 0) is 130 Å². The maximum Gasteiger partial charge on any atom is 1.00 e. The molecule has 6 aromatic rings. The van der Waals surface area contributed by atoms with Crippen molar-refractivity contribution in [3.63, 3.8) is 0 Å². The molecule has 0 saturated heterocycles. The third-order valence-electron chi connectivity index (χ3n) is 9.91. The van der Waals surface area contributed by atoms with Gasteiger partial charge in [0, 0.05) is 22.5 Å². The van der Waals surface area contributed by atoms with Crippen molar-refractivity contribution in [1.82, 2.24) is 0 Å². The number of carbonyl (C=O) groups excluding carboxylic acids is 3. The number of benzene rings is 6. The minimum absolute atomic E-state index is 0. The summed E-state index contributed by atoms with van der Waals surface area (Å²) in [6.45, 7) is 0. The standard InChI is InChI=1S/C41H28N6O15S4.4Na/c48-39-33-11-7-27(15-25(33)19-35(65(57,58)59)37(39)46-44-29-5-1-23-17-31(63(51,52)53)9-3-21(23)13-29)42-41(50)43-28-8-12-34-26(16-28)20-36(66(60,61)62)38(40(34)49)47-45-30-6-2-24-18-32(64(54,55)56)10-4-22(24)14-30;;;;/h1-20,44-45H,(H2,42,43,50)(H,51,52,53)(H,54,55,56)(H,57,58,59)(H,60,61,62);;;;/q;4*+1/p-4. The van der Waals surface area contributed by atoms with Crippen molar-refractivity contribution in [2.24, 2.45) is 10.2 Å². The Morgan fingerprint density at radius 1 is 0.414 bits per heavy atom. The van der Waals surface area contributed by atoms with Crippen LogP contribution in [0.15, 0.2) is 139 Å². The zero-order valence-corrected chi connectivity index (χ0v) is 48.0. The first-order chi connectivity index (χ1) is 30.9. The number of hydrogen-bond acceptors (Lipinski definition) is 19. The topological polar surface area (TPSA) is 353 Å². The Labute approximate surface area is 486 Å². The second kappa shape index (κ2) is 22.7. The molecule has 0 aliphatic heterocycles. The van der Waals surface area contributed by atoms with Crippen LogP contribution in [0.2, 0.25) is 0 Å². The number of hydrogen-bond donors (Lipinski definition) is 4. The minimum Gasteiger partial charge on any atom is -0.744 e. The quantitative estimate of drug-likeness (QED) is 0.0562. The summed E-state index contributed by atoms with van der Waals surface area (Å²) in [5.74, 6) is -1.94. The Morgan fingerprint density at radius 3 is 1.09 bits per heavy atom. The van der Waals surface area contributed by atoms with Gasteiger partial charge in [0.05, 0.1) is 31.0 Å². The summed E-state index contributed by atoms with van der Waals surface area (Å²) in [6.07, 6.45) is 1.78. The number of anilines is 4. The van der Waals surface area contributed by atoms with E-state index >= 15 is 0 Å². The van der Waals surface area contributed by atoms with E-state index in [1.54, 1.807) is 0 Å². The fourth-order valence-corrected chi connectivity index (χ4v) is 9.16. The van der Waals surface area contributed by atoms with E-state index in [1.165, 1.54) is 84.9 Å². The number of nitrogens with one attached hydrogen (secondary N) is 4. The molecule has 4 N–H and O–H groups in total. The molecule has 2 amide bonds. The first-order valence-corrected chi connectivity index (χ1v) is 24.0. The number of amides is 2. The van der Waals surface area contributed by atoms with Gasteiger partial charge in [-0.25, -0.2) is 38.5 Å². The van der Waals surface area contributed by atoms with Gasteiger partial charge in [0.2, 0.25) is 11.6 Å². The third kappa shape index (κ3) is 13.2. The van der Waals surface area contributed by atoms with Crippen LogP contribution < -0.4 is 140 Å². The average molecular weight is 1060 g/mol. The number of urea groups is 1. The fourth-order valence-electron chi connectivity index (χ4n) is 6.86. The van der Waals surface area contributed by atoms with Crippen LogP contribution in [0.25, 0.3) is 33.7 Å². The Kier molecular flexibility index (Phi) is 19.2. The van der Waals surface area contributed by atoms with Crippen LogP contribution in [-0.4, -0.2) is 80.9 Å². The number of carbonyl (C=O) groups is 3. The molecule has 70 heavy (non-hydrogen) atoms. The zero-order valence-electron chi connectivity index (χ0n) is 36.7. The van der Waals surface area contributed by atoms with Crippen molar-refractivity contribution >= 4 is 126 Å². The molecule has 29 heteroatoms. The molecule has 2 aliphatic rings. The predicted molar refractivity (Wildman–Crippen MR) is 235 cm³/mol. The first kappa shape index (κ1) is 59.1. The third-order valence-corrected chi connectivity index (χ3v) is 13.3. The number of rotatable bonds is 10. The van der Waals surface area contributed by atoms with Crippen molar-refractivity contribution in [2.45, 2.75) is 9.79 Å². The van der Waals surface area contributed by atoms with Crippen LogP contribution in [0.1, 0.15) is 31.8 Å². The normalized spacial score (nSPS) is 14.6. The van der Waals surface area contributed by atoms with Gasteiger partial charge in [0.15, 0.2) is 0 Å². The molecule has 336 valence electrons. The average Bonchev–Trinajstić information content (AvgIpc) is 3.23. The molecule has 6 aromatic carbocycles. The molecule has 0 aromatic heterocycles. The van der Waals surface area contributed by atoms with Gasteiger partial charge < -0.3 is 28.8 Å². The Hall–Kier alpha value is -3.49. The molecule has 0 spiro atoms. The summed E-state index contributed by atoms with van der Waals surface area (Å²) in [5, 5.41) is 14.4. The molecule has 8 rings (SSSR count). The molecule has 0 heterocycles. The number of nitrogens with zero attached hydrogens (tertiary/aromatic N) is 2. The molecule has 0 saturated carbocycles. The first-order valence-electron chi connectivity index (χ1n) is 18.4. The van der Waals surface area contributed by atoms with Gasteiger partial charge in [0.25, 0.3) is 0 Å². The maximum atomic E-state index is 13.5. The van der Waals surface area contributed by atoms with Crippen LogP contribution >= 0.6 is 0 Å². The molecule has 0 unspecified atom stereocenters. The molecule has 0 radical (unpaired) electrons. The second-order valence-electron chi connectivity index (χ2n) is 14.3. The summed E-state index contributed by atoms with van der Waals surface area (Å²) in [4.78, 5) is 37.2. The van der Waals surface area contributed by atoms with Gasteiger partial charge in [-0.1, -0.05) is 24.3 Å². The largest absolute Gasteiger partial charge is 1.00 e. The van der Waals surface area contributed by atoms with Crippen molar-refractivity contribution < 1.29 is 184 Å². The molecular weight excluding hydrogens is 1040 g/mol. The van der Waals surface area contributed by atoms with E-state index in [9.17, 15) is 66.3 Å². The smallest absolute Gasteiger partial charge is 0.744 e. The van der Waals surface area contributed by atoms with E-state index in [0.717, 1.165) is 36.4 Å². The van der Waals surface area contributed by atoms with E-state index in [1.807, 2.05) is 0 Å². The van der Waals surface area contributed by atoms with Crippen molar-refractivity contribution in [3.05, 3.63) is 141 Å². The van der Waals surface area contributed by atoms with E-state index in [2.05, 4.69) is 31.7 Å². The van der Waals surface area contributed by atoms with E-state index in [0.29, 0.717) is 21.5 Å². The van der Waals surface area contributed by atoms with Crippen molar-refractivity contribution in [1.29, 1.82) is 0 Å². The van der Waals surface area contributed by atoms with Crippen molar-refractivity contribution in [3.8, 4) is 0 Å². The van der Waals surface area contributed by atoms with Gasteiger partial charge in [-0.15, -0.1) is 0 Å². The molecule has 2 aliphatic carbocycles. The van der Waals surface area contributed by atoms with Crippen LogP contribution in [0.3, 0.4) is 0 Å². The van der Waals surface area contributed by atoms with Crippen LogP contribution in [-0.2, 0) is 40.5 Å². The summed E-state index contributed by atoms with van der Waals surface area (Å²) in [6, 6.07) is 22.3. The fraction of sp³-hybridized carbons (Fsp3) is 0. The van der Waals surface area contributed by atoms with Crippen LogP contribution in [0.4, 0.5) is 27.5 Å². The minimum atomic E-state index is -5.33. The number of Topliss-reactive ketones (excluding diaryl/α,β-unsaturated/α-hetero) is 2. The SMILES string of the molecule is O=C(Nc1ccc2c(c1)C=C(S(=O)(=O)[O-])C(=NNc1ccc3cc(S(=O)(=O)[O-])ccc3c1)C2=O)Nc1ccc2c(c1)C=C(S(=O)(=O)[O-])C(=NNc1ccc3cc(S(=O)(=O)[O-])ccc3c1)C2=O.[Na+].[Na+].[Na+].[Na+]. The summed E-state index contributed by atoms with van der Waals surface area (Å²) in [5.41, 5.74) is 3.57. The Bertz CT molecular complexity index is 3550. The van der Waals surface area contributed by atoms with Crippen LogP contribution in [0.5, 0.6) is 0 Å².